The van der Waals surface area contributed by atoms with Gasteiger partial charge in [0.15, 0.2) is 0 Å². The summed E-state index contributed by atoms with van der Waals surface area (Å²) in [6.45, 7) is 4.53. The molecule has 4 aliphatic rings. The highest BCUT2D eigenvalue weighted by atomic mass is 19.1. The average molecular weight is 356 g/mol. The van der Waals surface area contributed by atoms with Crippen molar-refractivity contribution in [1.29, 1.82) is 0 Å². The normalized spacial score (nSPS) is 32.8. The molecule has 4 heteroatoms. The van der Waals surface area contributed by atoms with Crippen LogP contribution in [0.4, 0.5) is 10.1 Å². The van der Waals surface area contributed by atoms with Gasteiger partial charge in [-0.15, -0.1) is 0 Å². The fourth-order valence-corrected chi connectivity index (χ4v) is 6.44. The number of anilines is 1. The molecular weight excluding hydrogens is 327 g/mol. The molecule has 2 heterocycles. The summed E-state index contributed by atoms with van der Waals surface area (Å²) in [6.07, 6.45) is 9.20. The van der Waals surface area contributed by atoms with E-state index in [0.29, 0.717) is 0 Å². The van der Waals surface area contributed by atoms with Crippen molar-refractivity contribution in [2.45, 2.75) is 63.3 Å². The Kier molecular flexibility index (Phi) is 3.89. The van der Waals surface area contributed by atoms with Crippen LogP contribution in [-0.2, 0) is 10.2 Å². The highest BCUT2D eigenvalue weighted by Gasteiger charge is 2.47. The maximum Gasteiger partial charge on any atom is 0.223 e. The van der Waals surface area contributed by atoms with Crippen molar-refractivity contribution < 1.29 is 9.18 Å². The summed E-state index contributed by atoms with van der Waals surface area (Å²) >= 11 is 0. The van der Waals surface area contributed by atoms with Crippen LogP contribution in [0.5, 0.6) is 0 Å². The topological polar surface area (TPSA) is 23.6 Å². The monoisotopic (exact) mass is 356 g/mol. The number of nitrogens with zero attached hydrogens (tertiary/aromatic N) is 2. The predicted octanol–water partition coefficient (Wildman–Crippen LogP) is 4.10. The van der Waals surface area contributed by atoms with Crippen molar-refractivity contribution >= 4 is 11.6 Å². The molecule has 2 aliphatic heterocycles. The largest absolute Gasteiger partial charge is 0.311 e. The maximum atomic E-state index is 14.0. The van der Waals surface area contributed by atoms with Gasteiger partial charge < -0.3 is 9.80 Å². The zero-order valence-corrected chi connectivity index (χ0v) is 15.7. The van der Waals surface area contributed by atoms with Gasteiger partial charge >= 0.3 is 0 Å². The summed E-state index contributed by atoms with van der Waals surface area (Å²) in [5.74, 6) is 1.81. The summed E-state index contributed by atoms with van der Waals surface area (Å²) < 4.78 is 14.0. The van der Waals surface area contributed by atoms with Crippen molar-refractivity contribution in [2.75, 3.05) is 24.5 Å². The fraction of sp³-hybridized carbons (Fsp3) is 0.682. The number of benzene rings is 1. The molecule has 0 N–H and O–H groups in total. The molecule has 140 valence electrons. The van der Waals surface area contributed by atoms with Crippen molar-refractivity contribution in [3.05, 3.63) is 29.6 Å². The van der Waals surface area contributed by atoms with Crippen LogP contribution < -0.4 is 4.90 Å². The van der Waals surface area contributed by atoms with E-state index in [9.17, 15) is 9.18 Å². The van der Waals surface area contributed by atoms with E-state index in [1.54, 1.807) is 19.1 Å². The lowest BCUT2D eigenvalue weighted by atomic mass is 9.73. The highest BCUT2D eigenvalue weighted by molar-refractivity contribution is 5.94. The molecule has 26 heavy (non-hydrogen) atoms. The molecule has 2 aliphatic carbocycles. The first-order valence-electron chi connectivity index (χ1n) is 10.4. The lowest BCUT2D eigenvalue weighted by molar-refractivity contribution is -0.116. The van der Waals surface area contributed by atoms with Crippen molar-refractivity contribution in [3.8, 4) is 0 Å². The quantitative estimate of drug-likeness (QED) is 0.756. The minimum Gasteiger partial charge on any atom is -0.311 e. The smallest absolute Gasteiger partial charge is 0.223 e. The molecule has 2 unspecified atom stereocenters. The van der Waals surface area contributed by atoms with Crippen molar-refractivity contribution in [3.63, 3.8) is 0 Å². The summed E-state index contributed by atoms with van der Waals surface area (Å²) in [4.78, 5) is 16.7. The van der Waals surface area contributed by atoms with Crippen LogP contribution in [0.25, 0.3) is 0 Å². The first-order chi connectivity index (χ1) is 12.5. The second-order valence-electron chi connectivity index (χ2n) is 9.25. The Morgan fingerprint density at radius 2 is 1.81 bits per heavy atom. The van der Waals surface area contributed by atoms with E-state index in [1.807, 2.05) is 4.90 Å². The van der Waals surface area contributed by atoms with Crippen molar-refractivity contribution in [1.82, 2.24) is 4.90 Å². The minimum atomic E-state index is -0.181. The van der Waals surface area contributed by atoms with Gasteiger partial charge in [-0.3, -0.25) is 4.79 Å². The van der Waals surface area contributed by atoms with E-state index < -0.39 is 0 Å². The van der Waals surface area contributed by atoms with Gasteiger partial charge in [0.1, 0.15) is 5.82 Å². The Morgan fingerprint density at radius 3 is 2.46 bits per heavy atom. The fourth-order valence-electron chi connectivity index (χ4n) is 6.44. The van der Waals surface area contributed by atoms with Crippen LogP contribution in [0.15, 0.2) is 18.2 Å². The van der Waals surface area contributed by atoms with Gasteiger partial charge in [-0.1, -0.05) is 12.8 Å². The van der Waals surface area contributed by atoms with E-state index in [1.165, 1.54) is 38.2 Å². The number of carbonyl (C=O) groups is 1. The number of hydrogen-bond acceptors (Lipinski definition) is 2. The van der Waals surface area contributed by atoms with Gasteiger partial charge in [-0.05, 0) is 80.8 Å². The van der Waals surface area contributed by atoms with Crippen LogP contribution >= 0.6 is 0 Å². The van der Waals surface area contributed by atoms with Crippen LogP contribution in [0.1, 0.15) is 57.4 Å². The second-order valence-corrected chi connectivity index (χ2v) is 9.25. The molecule has 0 radical (unpaired) electrons. The number of amides is 1. The van der Waals surface area contributed by atoms with E-state index in [2.05, 4.69) is 4.90 Å². The molecule has 0 aromatic heterocycles. The Hall–Kier alpha value is -1.42. The molecule has 1 amide bonds. The Morgan fingerprint density at radius 1 is 1.12 bits per heavy atom. The molecule has 1 saturated heterocycles. The van der Waals surface area contributed by atoms with E-state index >= 15 is 0 Å². The average Bonchev–Trinajstić information content (AvgIpc) is 3.13. The molecule has 1 aromatic carbocycles. The molecule has 1 aromatic rings. The maximum absolute atomic E-state index is 14.0. The number of carbonyl (C=O) groups excluding carboxylic acids is 1. The first-order valence-corrected chi connectivity index (χ1v) is 10.4. The molecule has 2 atom stereocenters. The van der Waals surface area contributed by atoms with Gasteiger partial charge in [-0.2, -0.15) is 0 Å². The third-order valence-electron chi connectivity index (χ3n) is 7.79. The summed E-state index contributed by atoms with van der Waals surface area (Å²) in [5.41, 5.74) is 1.95. The third-order valence-corrected chi connectivity index (χ3v) is 7.79. The van der Waals surface area contributed by atoms with E-state index in [4.69, 9.17) is 0 Å². The molecule has 2 bridgehead atoms. The van der Waals surface area contributed by atoms with Gasteiger partial charge in [0.25, 0.3) is 0 Å². The van der Waals surface area contributed by atoms with E-state index in [0.717, 1.165) is 61.6 Å². The van der Waals surface area contributed by atoms with Crippen LogP contribution in [0.3, 0.4) is 0 Å². The number of rotatable bonds is 1. The van der Waals surface area contributed by atoms with Crippen LogP contribution in [0, 0.1) is 17.7 Å². The van der Waals surface area contributed by atoms with Crippen molar-refractivity contribution in [2.24, 2.45) is 11.8 Å². The van der Waals surface area contributed by atoms with Crippen LogP contribution in [0.2, 0.25) is 0 Å². The first kappa shape index (κ1) is 16.7. The lowest BCUT2D eigenvalue weighted by Crippen LogP contribution is -2.50. The number of halogens is 1. The molecular formula is C22H29FN2O. The lowest BCUT2D eigenvalue weighted by Gasteiger charge is -2.45. The van der Waals surface area contributed by atoms with Gasteiger partial charge in [0, 0.05) is 30.6 Å². The zero-order chi connectivity index (χ0) is 17.9. The summed E-state index contributed by atoms with van der Waals surface area (Å²) in [7, 11) is 0. The molecule has 3 fully saturated rings. The number of hydrogen-bond donors (Lipinski definition) is 0. The Labute approximate surface area is 155 Å². The molecule has 3 nitrogen and oxygen atoms in total. The number of likely N-dealkylation sites (tertiary alicyclic amines) is 1. The summed E-state index contributed by atoms with van der Waals surface area (Å²) in [6, 6.07) is 5.73. The standard InChI is InChI=1S/C22H29FN2O/c1-15(26)25-14-22(20-13-18(23)4-5-21(20)25)6-8-24(9-7-22)19-11-16-2-3-17(10-16)12-19/h4-5,13,16-17,19H,2-3,6-12,14H2,1H3. The molecule has 5 rings (SSSR count). The number of piperidine rings is 1. The molecule has 2 saturated carbocycles. The van der Waals surface area contributed by atoms with Gasteiger partial charge in [0.05, 0.1) is 0 Å². The van der Waals surface area contributed by atoms with Gasteiger partial charge in [0.2, 0.25) is 5.91 Å². The highest BCUT2D eigenvalue weighted by Crippen LogP contribution is 2.49. The zero-order valence-electron chi connectivity index (χ0n) is 15.7. The van der Waals surface area contributed by atoms with Gasteiger partial charge in [-0.25, -0.2) is 4.39 Å². The van der Waals surface area contributed by atoms with Crippen LogP contribution in [-0.4, -0.2) is 36.5 Å². The number of fused-ring (bicyclic) bond motifs is 4. The SMILES string of the molecule is CC(=O)N1CC2(CCN(C3CC4CCC(C4)C3)CC2)c2cc(F)ccc21. The third kappa shape index (κ3) is 2.60. The Balaban J connectivity index is 1.36. The minimum absolute atomic E-state index is 0.0484. The molecule has 1 spiro atoms. The predicted molar refractivity (Wildman–Crippen MR) is 101 cm³/mol. The van der Waals surface area contributed by atoms with E-state index in [-0.39, 0.29) is 17.1 Å². The summed E-state index contributed by atoms with van der Waals surface area (Å²) in [5, 5.41) is 0. The second kappa shape index (κ2) is 6.05. The Bertz CT molecular complexity index is 713.